The van der Waals surface area contributed by atoms with Gasteiger partial charge in [0.05, 0.1) is 35.1 Å². The van der Waals surface area contributed by atoms with Crippen molar-refractivity contribution in [2.45, 2.75) is 19.6 Å². The number of carbonyl (C=O) groups excluding carboxylic acids is 2. The number of amides is 2. The Hall–Kier alpha value is -3.17. The summed E-state index contributed by atoms with van der Waals surface area (Å²) in [5.74, 6) is -2.66. The number of rotatable bonds is 5. The highest BCUT2D eigenvalue weighted by molar-refractivity contribution is 6.21. The highest BCUT2D eigenvalue weighted by Crippen LogP contribution is 2.25. The third-order valence-corrected chi connectivity index (χ3v) is 4.22. The third-order valence-electron chi connectivity index (χ3n) is 4.22. The SMILES string of the molecule is CC(O/N=[N+](\[O-])N1CCC(C(=O)O)C1)N1C(=O)c2ccccc2C1=O. The molecule has 1 saturated heterocycles. The molecule has 25 heavy (non-hydrogen) atoms. The standard InChI is InChI=1S/C15H16N4O6/c1-9(18-13(20)11-4-2-3-5-12(11)14(18)21)25-16-19(24)17-7-6-10(8-17)15(22)23/h2-5,9-10H,6-8H2,1H3,(H,22,23)/b19-16-. The minimum atomic E-state index is -1.08. The van der Waals surface area contributed by atoms with Crippen LogP contribution in [0.3, 0.4) is 0 Å². The number of fused-ring (bicyclic) bond motifs is 1. The lowest BCUT2D eigenvalue weighted by Gasteiger charge is -2.19. The molecule has 1 fully saturated rings. The summed E-state index contributed by atoms with van der Waals surface area (Å²) in [5.41, 5.74) is 0.538. The zero-order valence-corrected chi connectivity index (χ0v) is 13.4. The normalized spacial score (nSPS) is 21.5. The highest BCUT2D eigenvalue weighted by Gasteiger charge is 2.40. The Kier molecular flexibility index (Phi) is 4.26. The van der Waals surface area contributed by atoms with E-state index < -0.39 is 29.9 Å². The molecule has 2 aliphatic heterocycles. The van der Waals surface area contributed by atoms with Crippen molar-refractivity contribution in [3.8, 4) is 0 Å². The summed E-state index contributed by atoms with van der Waals surface area (Å²) in [6, 6.07) is 6.37. The van der Waals surface area contributed by atoms with Crippen LogP contribution in [0, 0.1) is 11.1 Å². The van der Waals surface area contributed by atoms with Crippen LogP contribution in [0.1, 0.15) is 34.1 Å². The van der Waals surface area contributed by atoms with Crippen molar-refractivity contribution in [1.29, 1.82) is 0 Å². The molecule has 0 spiro atoms. The first-order chi connectivity index (χ1) is 11.9. The van der Waals surface area contributed by atoms with Gasteiger partial charge >= 0.3 is 5.97 Å². The molecule has 2 heterocycles. The number of carboxylic acids is 1. The summed E-state index contributed by atoms with van der Waals surface area (Å²) in [5, 5.41) is 25.3. The summed E-state index contributed by atoms with van der Waals surface area (Å²) in [6.07, 6.45) is -0.751. The van der Waals surface area contributed by atoms with Crippen LogP contribution in [-0.4, -0.2) is 57.1 Å². The van der Waals surface area contributed by atoms with Gasteiger partial charge in [0.1, 0.15) is 0 Å². The number of hydrogen-bond acceptors (Lipinski definition) is 6. The van der Waals surface area contributed by atoms with Crippen molar-refractivity contribution in [2.24, 2.45) is 11.2 Å². The van der Waals surface area contributed by atoms with Crippen molar-refractivity contribution < 1.29 is 29.3 Å². The van der Waals surface area contributed by atoms with E-state index in [1.54, 1.807) is 12.1 Å². The first-order valence-corrected chi connectivity index (χ1v) is 7.68. The number of nitrogens with zero attached hydrogens (tertiary/aromatic N) is 4. The van der Waals surface area contributed by atoms with Crippen molar-refractivity contribution in [1.82, 2.24) is 9.91 Å². The Labute approximate surface area is 142 Å². The summed E-state index contributed by atoms with van der Waals surface area (Å²) >= 11 is 0. The van der Waals surface area contributed by atoms with Crippen molar-refractivity contribution in [2.75, 3.05) is 13.1 Å². The van der Waals surface area contributed by atoms with E-state index in [1.165, 1.54) is 24.1 Å². The second kappa shape index (κ2) is 6.38. The lowest BCUT2D eigenvalue weighted by Crippen LogP contribution is -2.39. The molecule has 1 aromatic rings. The van der Waals surface area contributed by atoms with Crippen LogP contribution in [0.2, 0.25) is 0 Å². The molecule has 2 amide bonds. The van der Waals surface area contributed by atoms with Crippen LogP contribution in [0.4, 0.5) is 0 Å². The molecule has 2 unspecified atom stereocenters. The summed E-state index contributed by atoms with van der Waals surface area (Å²) in [4.78, 5) is 41.5. The van der Waals surface area contributed by atoms with E-state index in [4.69, 9.17) is 9.94 Å². The third kappa shape index (κ3) is 2.97. The second-order valence-electron chi connectivity index (χ2n) is 5.80. The summed E-state index contributed by atoms with van der Waals surface area (Å²) in [7, 11) is 0. The molecule has 10 nitrogen and oxygen atoms in total. The van der Waals surface area contributed by atoms with Gasteiger partial charge < -0.3 is 15.2 Å². The molecule has 0 saturated carbocycles. The number of benzene rings is 1. The molecule has 132 valence electrons. The average molecular weight is 348 g/mol. The number of hydrazine groups is 1. The van der Waals surface area contributed by atoms with Crippen molar-refractivity contribution in [3.63, 3.8) is 0 Å². The van der Waals surface area contributed by atoms with Gasteiger partial charge in [-0.15, -0.1) is 5.01 Å². The molecule has 0 aromatic heterocycles. The minimum absolute atomic E-state index is 0.0209. The van der Waals surface area contributed by atoms with Gasteiger partial charge in [0.25, 0.3) is 11.8 Å². The van der Waals surface area contributed by atoms with Gasteiger partial charge in [0, 0.05) is 0 Å². The highest BCUT2D eigenvalue weighted by atomic mass is 16.7. The van der Waals surface area contributed by atoms with E-state index in [-0.39, 0.29) is 29.2 Å². The van der Waals surface area contributed by atoms with Crippen LogP contribution < -0.4 is 0 Å². The lowest BCUT2D eigenvalue weighted by molar-refractivity contribution is -0.709. The Morgan fingerprint density at radius 1 is 1.36 bits per heavy atom. The molecule has 3 rings (SSSR count). The predicted molar refractivity (Wildman–Crippen MR) is 80.9 cm³/mol. The molecule has 0 radical (unpaired) electrons. The fourth-order valence-electron chi connectivity index (χ4n) is 2.84. The maximum absolute atomic E-state index is 12.3. The quantitative estimate of drug-likeness (QED) is 0.362. The molecule has 1 aromatic carbocycles. The van der Waals surface area contributed by atoms with Gasteiger partial charge in [-0.3, -0.25) is 14.4 Å². The minimum Gasteiger partial charge on any atom is -0.569 e. The number of carbonyl (C=O) groups is 3. The molecule has 1 N–H and O–H groups in total. The molecule has 0 aliphatic carbocycles. The number of imide groups is 1. The molecule has 0 bridgehead atoms. The van der Waals surface area contributed by atoms with Gasteiger partial charge in [-0.2, -0.15) is 0 Å². The molecule has 10 heteroatoms. The average Bonchev–Trinajstić information content (AvgIpc) is 3.18. The molecular weight excluding hydrogens is 332 g/mol. The number of carboxylic acid groups (broad SMARTS) is 1. The van der Waals surface area contributed by atoms with Crippen molar-refractivity contribution >= 4 is 17.8 Å². The van der Waals surface area contributed by atoms with E-state index in [9.17, 15) is 19.6 Å². The topological polar surface area (TPSA) is 126 Å². The maximum atomic E-state index is 12.3. The fourth-order valence-corrected chi connectivity index (χ4v) is 2.84. The Morgan fingerprint density at radius 3 is 2.48 bits per heavy atom. The molecular formula is C15H16N4O6. The first kappa shape index (κ1) is 16.7. The van der Waals surface area contributed by atoms with Crippen LogP contribution in [-0.2, 0) is 9.63 Å². The second-order valence-corrected chi connectivity index (χ2v) is 5.80. The van der Waals surface area contributed by atoms with E-state index in [2.05, 4.69) is 5.28 Å². The van der Waals surface area contributed by atoms with E-state index in [0.717, 1.165) is 4.90 Å². The lowest BCUT2D eigenvalue weighted by atomic mass is 10.1. The smallest absolute Gasteiger partial charge is 0.308 e. The van der Waals surface area contributed by atoms with Gasteiger partial charge in [0.2, 0.25) is 11.5 Å². The van der Waals surface area contributed by atoms with Crippen molar-refractivity contribution in [3.05, 3.63) is 40.6 Å². The van der Waals surface area contributed by atoms with E-state index in [1.807, 2.05) is 0 Å². The monoisotopic (exact) mass is 348 g/mol. The van der Waals surface area contributed by atoms with Crippen LogP contribution in [0.15, 0.2) is 29.5 Å². The van der Waals surface area contributed by atoms with Gasteiger partial charge in [0.15, 0.2) is 0 Å². The zero-order chi connectivity index (χ0) is 18.1. The predicted octanol–water partition coefficient (Wildman–Crippen LogP) is 0.844. The first-order valence-electron chi connectivity index (χ1n) is 7.68. The van der Waals surface area contributed by atoms with Gasteiger partial charge in [-0.1, -0.05) is 12.1 Å². The van der Waals surface area contributed by atoms with Crippen LogP contribution in [0.5, 0.6) is 0 Å². The van der Waals surface area contributed by atoms with Gasteiger partial charge in [-0.05, 0) is 25.5 Å². The van der Waals surface area contributed by atoms with E-state index >= 15 is 0 Å². The number of hydrogen-bond donors (Lipinski definition) is 1. The maximum Gasteiger partial charge on any atom is 0.308 e. The van der Waals surface area contributed by atoms with Crippen LogP contribution >= 0.6 is 0 Å². The Morgan fingerprint density at radius 2 is 1.96 bits per heavy atom. The molecule has 2 aliphatic rings. The number of aliphatic carboxylic acids is 1. The Bertz CT molecular complexity index is 729. The molecule has 2 atom stereocenters. The Balaban J connectivity index is 1.65. The van der Waals surface area contributed by atoms with Gasteiger partial charge in [-0.25, -0.2) is 4.90 Å². The summed E-state index contributed by atoms with van der Waals surface area (Å²) < 4.78 is 0. The van der Waals surface area contributed by atoms with E-state index in [0.29, 0.717) is 6.42 Å². The summed E-state index contributed by atoms with van der Waals surface area (Å²) in [6.45, 7) is 1.67. The van der Waals surface area contributed by atoms with Crippen LogP contribution in [0.25, 0.3) is 0 Å². The zero-order valence-electron chi connectivity index (χ0n) is 13.4. The largest absolute Gasteiger partial charge is 0.569 e. The fraction of sp³-hybridized carbons (Fsp3) is 0.400.